The molecule has 0 bridgehead atoms. The number of aromatic hydroxyl groups is 1. The molecule has 10 nitrogen and oxygen atoms in total. The van der Waals surface area contributed by atoms with E-state index in [9.17, 15) is 18.7 Å². The monoisotopic (exact) mass is 449 g/mol. The number of methoxy groups -OCH3 is 1. The molecule has 2 aromatic carbocycles. The van der Waals surface area contributed by atoms with Gasteiger partial charge in [0.05, 0.1) is 19.1 Å². The first-order valence-corrected chi connectivity index (χ1v) is 9.61. The van der Waals surface area contributed by atoms with E-state index in [1.54, 1.807) is 12.1 Å². The van der Waals surface area contributed by atoms with Crippen molar-refractivity contribution in [3.8, 4) is 11.5 Å². The lowest BCUT2D eigenvalue weighted by Crippen LogP contribution is -2.18. The molecule has 1 heterocycles. The first-order valence-electron chi connectivity index (χ1n) is 8.62. The number of anilines is 2. The number of carbonyl (C=O) groups is 1. The van der Waals surface area contributed by atoms with E-state index in [1.807, 2.05) is 0 Å². The van der Waals surface area contributed by atoms with Crippen molar-refractivity contribution in [2.45, 2.75) is 5.16 Å². The SMILES string of the molecule is COc1ccc(/C=N/Nc2nnc(SCC(=O)Nc3c(F)cccc3F)n2N)cc1O. The van der Waals surface area contributed by atoms with Crippen LogP contribution in [0.1, 0.15) is 5.56 Å². The Kier molecular flexibility index (Phi) is 6.87. The van der Waals surface area contributed by atoms with E-state index in [2.05, 4.69) is 26.0 Å². The normalized spacial score (nSPS) is 10.9. The molecule has 0 aliphatic carbocycles. The number of hydrogen-bond donors (Lipinski definition) is 4. The number of rotatable bonds is 8. The first kappa shape index (κ1) is 21.8. The fraction of sp³-hybridized carbons (Fsp3) is 0.111. The van der Waals surface area contributed by atoms with E-state index in [0.717, 1.165) is 28.6 Å². The number of nitrogens with two attached hydrogens (primary N) is 1. The summed E-state index contributed by atoms with van der Waals surface area (Å²) in [5.41, 5.74) is 2.64. The molecule has 31 heavy (non-hydrogen) atoms. The second-order valence-corrected chi connectivity index (χ2v) is 6.85. The summed E-state index contributed by atoms with van der Waals surface area (Å²) < 4.78 is 33.2. The van der Waals surface area contributed by atoms with E-state index in [0.29, 0.717) is 11.3 Å². The number of aromatic nitrogens is 3. The van der Waals surface area contributed by atoms with Crippen molar-refractivity contribution in [2.75, 3.05) is 29.4 Å². The van der Waals surface area contributed by atoms with Crippen LogP contribution in [-0.2, 0) is 4.79 Å². The van der Waals surface area contributed by atoms with E-state index >= 15 is 0 Å². The number of ether oxygens (including phenoxy) is 1. The van der Waals surface area contributed by atoms with Crippen LogP contribution in [0.15, 0.2) is 46.7 Å². The summed E-state index contributed by atoms with van der Waals surface area (Å²) in [5.74, 6) is 3.61. The van der Waals surface area contributed by atoms with Crippen molar-refractivity contribution in [1.29, 1.82) is 0 Å². The molecule has 0 radical (unpaired) electrons. The number of para-hydroxylation sites is 1. The Bertz CT molecular complexity index is 1100. The maximum absolute atomic E-state index is 13.6. The second-order valence-electron chi connectivity index (χ2n) is 5.91. The van der Waals surface area contributed by atoms with Crippen LogP contribution in [-0.4, -0.2) is 45.0 Å². The van der Waals surface area contributed by atoms with E-state index < -0.39 is 23.2 Å². The van der Waals surface area contributed by atoms with Gasteiger partial charge in [-0.25, -0.2) is 18.9 Å². The number of hydrazone groups is 1. The van der Waals surface area contributed by atoms with Gasteiger partial charge in [0.25, 0.3) is 5.95 Å². The van der Waals surface area contributed by atoms with Gasteiger partial charge < -0.3 is 21.0 Å². The summed E-state index contributed by atoms with van der Waals surface area (Å²) in [5, 5.41) is 23.7. The van der Waals surface area contributed by atoms with Crippen LogP contribution in [0.2, 0.25) is 0 Å². The van der Waals surface area contributed by atoms with Gasteiger partial charge in [-0.15, -0.1) is 10.2 Å². The van der Waals surface area contributed by atoms with Crippen molar-refractivity contribution in [2.24, 2.45) is 5.10 Å². The fourth-order valence-electron chi connectivity index (χ4n) is 2.33. The molecule has 0 saturated heterocycles. The standard InChI is InChI=1S/C18H17F2N7O3S/c1-30-14-6-5-10(7-13(14)28)8-22-24-17-25-26-18(27(17)21)31-9-15(29)23-16-11(19)3-2-4-12(16)20/h2-8,28H,9,21H2,1H3,(H,23,29)(H,24,25)/b22-8+. The van der Waals surface area contributed by atoms with Crippen molar-refractivity contribution in [1.82, 2.24) is 14.9 Å². The number of halogens is 2. The van der Waals surface area contributed by atoms with Gasteiger partial charge >= 0.3 is 0 Å². The van der Waals surface area contributed by atoms with Crippen LogP contribution < -0.4 is 21.3 Å². The summed E-state index contributed by atoms with van der Waals surface area (Å²) in [4.78, 5) is 12.0. The fourth-order valence-corrected chi connectivity index (χ4v) is 2.98. The Labute approximate surface area is 179 Å². The third kappa shape index (κ3) is 5.39. The zero-order chi connectivity index (χ0) is 22.4. The zero-order valence-corrected chi connectivity index (χ0v) is 16.9. The van der Waals surface area contributed by atoms with Crippen LogP contribution in [0.5, 0.6) is 11.5 Å². The number of nitrogens with one attached hydrogen (secondary N) is 2. The Hall–Kier alpha value is -3.87. The lowest BCUT2D eigenvalue weighted by Gasteiger charge is -2.07. The van der Waals surface area contributed by atoms with Crippen molar-refractivity contribution in [3.05, 3.63) is 53.6 Å². The molecular formula is C18H17F2N7O3S. The number of thioether (sulfide) groups is 1. The van der Waals surface area contributed by atoms with Crippen LogP contribution in [0.4, 0.5) is 20.4 Å². The molecule has 3 aromatic rings. The van der Waals surface area contributed by atoms with Gasteiger partial charge in [0.2, 0.25) is 11.1 Å². The number of nitrogen functional groups attached to an aromatic ring is 1. The van der Waals surface area contributed by atoms with Crippen LogP contribution in [0, 0.1) is 11.6 Å². The molecule has 0 fully saturated rings. The van der Waals surface area contributed by atoms with Gasteiger partial charge in [-0.05, 0) is 35.9 Å². The van der Waals surface area contributed by atoms with Gasteiger partial charge in [-0.2, -0.15) is 5.10 Å². The van der Waals surface area contributed by atoms with Gasteiger partial charge in [-0.3, -0.25) is 4.79 Å². The van der Waals surface area contributed by atoms with Crippen LogP contribution in [0.3, 0.4) is 0 Å². The summed E-state index contributed by atoms with van der Waals surface area (Å²) in [6.45, 7) is 0. The molecule has 0 unspecified atom stereocenters. The number of amides is 1. The molecule has 0 atom stereocenters. The van der Waals surface area contributed by atoms with Gasteiger partial charge in [0.15, 0.2) is 11.5 Å². The predicted octanol–water partition coefficient (Wildman–Crippen LogP) is 2.16. The zero-order valence-electron chi connectivity index (χ0n) is 16.0. The Morgan fingerprint density at radius 3 is 2.74 bits per heavy atom. The van der Waals surface area contributed by atoms with Crippen LogP contribution >= 0.6 is 11.8 Å². The number of hydrogen-bond acceptors (Lipinski definition) is 9. The minimum Gasteiger partial charge on any atom is -0.504 e. The lowest BCUT2D eigenvalue weighted by molar-refractivity contribution is -0.113. The summed E-state index contributed by atoms with van der Waals surface area (Å²) >= 11 is 0.911. The molecule has 0 spiro atoms. The Morgan fingerprint density at radius 2 is 2.06 bits per heavy atom. The number of phenols is 1. The van der Waals surface area contributed by atoms with Crippen molar-refractivity contribution >= 4 is 35.5 Å². The topological polar surface area (TPSA) is 140 Å². The molecule has 3 rings (SSSR count). The third-order valence-corrected chi connectivity index (χ3v) is 4.75. The number of benzene rings is 2. The molecule has 0 aliphatic rings. The molecule has 1 aromatic heterocycles. The summed E-state index contributed by atoms with van der Waals surface area (Å²) in [6, 6.07) is 7.97. The highest BCUT2D eigenvalue weighted by atomic mass is 32.2. The minimum atomic E-state index is -0.880. The van der Waals surface area contributed by atoms with Crippen LogP contribution in [0.25, 0.3) is 0 Å². The number of carbonyl (C=O) groups excluding carboxylic acids is 1. The second kappa shape index (κ2) is 9.75. The minimum absolute atomic E-state index is 0.0410. The third-order valence-electron chi connectivity index (χ3n) is 3.81. The van der Waals surface area contributed by atoms with E-state index in [-0.39, 0.29) is 22.6 Å². The average Bonchev–Trinajstić information content (AvgIpc) is 3.09. The maximum atomic E-state index is 13.6. The smallest absolute Gasteiger partial charge is 0.264 e. The molecule has 5 N–H and O–H groups in total. The summed E-state index contributed by atoms with van der Waals surface area (Å²) in [7, 11) is 1.44. The highest BCUT2D eigenvalue weighted by Gasteiger charge is 2.15. The van der Waals surface area contributed by atoms with E-state index in [1.165, 1.54) is 25.5 Å². The molecule has 13 heteroatoms. The number of phenolic OH excluding ortho intramolecular Hbond substituents is 1. The molecule has 0 aliphatic heterocycles. The Balaban J connectivity index is 1.56. The quantitative estimate of drug-likeness (QED) is 0.178. The highest BCUT2D eigenvalue weighted by molar-refractivity contribution is 7.99. The number of nitrogens with zero attached hydrogens (tertiary/aromatic N) is 4. The lowest BCUT2D eigenvalue weighted by atomic mass is 10.2. The van der Waals surface area contributed by atoms with Gasteiger partial charge in [0, 0.05) is 0 Å². The molecule has 1 amide bonds. The van der Waals surface area contributed by atoms with E-state index in [4.69, 9.17) is 10.6 Å². The van der Waals surface area contributed by atoms with Crippen molar-refractivity contribution in [3.63, 3.8) is 0 Å². The summed E-state index contributed by atoms with van der Waals surface area (Å²) in [6.07, 6.45) is 1.41. The highest BCUT2D eigenvalue weighted by Crippen LogP contribution is 2.25. The maximum Gasteiger partial charge on any atom is 0.264 e. The van der Waals surface area contributed by atoms with Crippen molar-refractivity contribution < 1.29 is 23.4 Å². The predicted molar refractivity (Wildman–Crippen MR) is 112 cm³/mol. The molecule has 162 valence electrons. The molecule has 0 saturated carbocycles. The van der Waals surface area contributed by atoms with Gasteiger partial charge in [-0.1, -0.05) is 17.8 Å². The molecular weight excluding hydrogens is 432 g/mol. The Morgan fingerprint density at radius 1 is 1.32 bits per heavy atom. The largest absolute Gasteiger partial charge is 0.504 e. The average molecular weight is 449 g/mol. The van der Waals surface area contributed by atoms with Gasteiger partial charge in [0.1, 0.15) is 17.3 Å². The first-order chi connectivity index (χ1) is 14.9.